The van der Waals surface area contributed by atoms with Gasteiger partial charge in [-0.1, -0.05) is 18.2 Å². The summed E-state index contributed by atoms with van der Waals surface area (Å²) in [5.74, 6) is 0.292. The average molecular weight is 570 g/mol. The summed E-state index contributed by atoms with van der Waals surface area (Å²) in [6.45, 7) is 3.03. The van der Waals surface area contributed by atoms with Crippen LogP contribution < -0.4 is 19.5 Å². The number of carbonyl (C=O) groups excluding carboxylic acids is 1. The highest BCUT2D eigenvalue weighted by Crippen LogP contribution is 2.36. The number of methoxy groups -OCH3 is 2. The lowest BCUT2D eigenvalue weighted by Crippen LogP contribution is -2.15. The molecule has 4 rings (SSSR count). The zero-order chi connectivity index (χ0) is 29.9. The Bertz CT molecular complexity index is 1610. The van der Waals surface area contributed by atoms with Gasteiger partial charge in [0.15, 0.2) is 11.5 Å². The molecule has 0 aliphatic rings. The first-order chi connectivity index (χ1) is 19.4. The molecule has 0 saturated heterocycles. The molecule has 1 heterocycles. The van der Waals surface area contributed by atoms with Gasteiger partial charge in [0.25, 0.3) is 11.6 Å². The highest BCUT2D eigenvalue weighted by Gasteiger charge is 2.34. The molecule has 41 heavy (non-hydrogen) atoms. The minimum atomic E-state index is -4.57. The summed E-state index contributed by atoms with van der Waals surface area (Å²) in [5, 5.41) is 14.3. The summed E-state index contributed by atoms with van der Waals surface area (Å²) in [7, 11) is 2.78. The van der Waals surface area contributed by atoms with E-state index < -0.39 is 22.6 Å². The third kappa shape index (κ3) is 6.11. The number of ether oxygens (including phenoxy) is 3. The summed E-state index contributed by atoms with van der Waals surface area (Å²) in [5.41, 5.74) is 0.495. The number of amides is 1. The van der Waals surface area contributed by atoms with Crippen molar-refractivity contribution in [1.82, 2.24) is 4.57 Å². The number of alkyl halides is 3. The van der Waals surface area contributed by atoms with Gasteiger partial charge in [0.1, 0.15) is 12.4 Å². The van der Waals surface area contributed by atoms with Gasteiger partial charge in [0.2, 0.25) is 0 Å². The first kappa shape index (κ1) is 29.0. The minimum Gasteiger partial charge on any atom is -0.493 e. The zero-order valence-electron chi connectivity index (χ0n) is 22.5. The molecule has 0 atom stereocenters. The molecular formula is C29H26F3N3O6. The van der Waals surface area contributed by atoms with Gasteiger partial charge < -0.3 is 24.1 Å². The van der Waals surface area contributed by atoms with Crippen LogP contribution in [0.5, 0.6) is 17.2 Å². The maximum Gasteiger partial charge on any atom is 0.418 e. The van der Waals surface area contributed by atoms with Crippen LogP contribution >= 0.6 is 0 Å². The van der Waals surface area contributed by atoms with Gasteiger partial charge in [-0.05, 0) is 50.2 Å². The van der Waals surface area contributed by atoms with Crippen molar-refractivity contribution < 1.29 is 37.1 Å². The molecule has 0 saturated carbocycles. The molecule has 4 aromatic rings. The summed E-state index contributed by atoms with van der Waals surface area (Å²) in [4.78, 5) is 24.2. The Kier molecular flexibility index (Phi) is 8.22. The Balaban J connectivity index is 1.55. The molecule has 1 N–H and O–H groups in total. The molecule has 0 bridgehead atoms. The van der Waals surface area contributed by atoms with Gasteiger partial charge >= 0.3 is 6.18 Å². The highest BCUT2D eigenvalue weighted by molar-refractivity contribution is 6.05. The number of hydrogen-bond donors (Lipinski definition) is 1. The van der Waals surface area contributed by atoms with E-state index in [2.05, 4.69) is 5.32 Å². The number of benzene rings is 3. The number of halogens is 3. The Hall–Kier alpha value is -5.00. The van der Waals surface area contributed by atoms with Crippen molar-refractivity contribution in [3.63, 3.8) is 0 Å². The monoisotopic (exact) mass is 569 g/mol. The van der Waals surface area contributed by atoms with Crippen LogP contribution in [0.15, 0.2) is 66.7 Å². The molecule has 1 amide bonds. The van der Waals surface area contributed by atoms with Gasteiger partial charge in [-0.3, -0.25) is 14.9 Å². The molecule has 0 aliphatic heterocycles. The number of nitro benzene ring substituents is 1. The highest BCUT2D eigenvalue weighted by atomic mass is 19.4. The quantitative estimate of drug-likeness (QED) is 0.174. The van der Waals surface area contributed by atoms with Crippen LogP contribution in [0.2, 0.25) is 0 Å². The predicted molar refractivity (Wildman–Crippen MR) is 145 cm³/mol. The van der Waals surface area contributed by atoms with Crippen molar-refractivity contribution in [2.75, 3.05) is 19.5 Å². The van der Waals surface area contributed by atoms with E-state index in [0.717, 1.165) is 6.07 Å². The van der Waals surface area contributed by atoms with Crippen LogP contribution in [0.3, 0.4) is 0 Å². The fourth-order valence-electron chi connectivity index (χ4n) is 4.49. The minimum absolute atomic E-state index is 0.0753. The van der Waals surface area contributed by atoms with E-state index in [1.165, 1.54) is 61.3 Å². The number of hydrogen-bond acceptors (Lipinski definition) is 6. The first-order valence-electron chi connectivity index (χ1n) is 12.2. The molecule has 0 spiro atoms. The standard InChI is InChI=1S/C29H26F3N3O6/c1-17-12-22(18(2)34(17)24-11-6-5-10-23(24)29(30,31)32)28(36)33-20-8-7-9-21(14-20)41-16-19-13-26(39-3)27(40-4)15-25(19)35(37)38/h5-15H,16H2,1-4H3,(H,33,36). The lowest BCUT2D eigenvalue weighted by atomic mass is 10.1. The van der Waals surface area contributed by atoms with Gasteiger partial charge in [0.05, 0.1) is 47.6 Å². The van der Waals surface area contributed by atoms with Crippen LogP contribution in [0.25, 0.3) is 5.69 Å². The van der Waals surface area contributed by atoms with E-state index in [4.69, 9.17) is 14.2 Å². The lowest BCUT2D eigenvalue weighted by Gasteiger charge is -2.17. The van der Waals surface area contributed by atoms with E-state index in [1.807, 2.05) is 0 Å². The zero-order valence-corrected chi connectivity index (χ0v) is 22.5. The van der Waals surface area contributed by atoms with Crippen molar-refractivity contribution in [2.24, 2.45) is 0 Å². The van der Waals surface area contributed by atoms with Gasteiger partial charge in [-0.2, -0.15) is 13.2 Å². The summed E-state index contributed by atoms with van der Waals surface area (Å²) in [6.07, 6.45) is -4.57. The number of nitrogens with one attached hydrogen (secondary N) is 1. The normalized spacial score (nSPS) is 11.2. The van der Waals surface area contributed by atoms with Gasteiger partial charge in [0, 0.05) is 23.1 Å². The summed E-state index contributed by atoms with van der Waals surface area (Å²) >= 11 is 0. The van der Waals surface area contributed by atoms with Crippen molar-refractivity contribution in [2.45, 2.75) is 26.6 Å². The van der Waals surface area contributed by atoms with Crippen LogP contribution in [-0.2, 0) is 12.8 Å². The smallest absolute Gasteiger partial charge is 0.418 e. The van der Waals surface area contributed by atoms with Crippen molar-refractivity contribution in [3.05, 3.63) is 105 Å². The number of rotatable bonds is 9. The van der Waals surface area contributed by atoms with Crippen LogP contribution in [0.4, 0.5) is 24.5 Å². The maximum atomic E-state index is 13.6. The molecule has 12 heteroatoms. The van der Waals surface area contributed by atoms with Crippen LogP contribution in [-0.4, -0.2) is 29.6 Å². The number of nitro groups is 1. The molecule has 3 aromatic carbocycles. The maximum absolute atomic E-state index is 13.6. The molecule has 0 unspecified atom stereocenters. The van der Waals surface area contributed by atoms with Gasteiger partial charge in [-0.25, -0.2) is 0 Å². The molecule has 0 aliphatic carbocycles. The molecule has 214 valence electrons. The SMILES string of the molecule is COc1cc(COc2cccc(NC(=O)c3cc(C)n(-c4ccccc4C(F)(F)F)c3C)c2)c([N+](=O)[O-])cc1OC. The Morgan fingerprint density at radius 1 is 0.976 bits per heavy atom. The Labute approximate surface area is 233 Å². The van der Waals surface area contributed by atoms with E-state index in [1.54, 1.807) is 32.0 Å². The summed E-state index contributed by atoms with van der Waals surface area (Å²) < 4.78 is 58.5. The fourth-order valence-corrected chi connectivity index (χ4v) is 4.49. The molecule has 9 nitrogen and oxygen atoms in total. The number of carbonyl (C=O) groups is 1. The number of para-hydroxylation sites is 1. The van der Waals surface area contributed by atoms with Crippen molar-refractivity contribution >= 4 is 17.3 Å². The Morgan fingerprint density at radius 2 is 1.66 bits per heavy atom. The number of nitrogens with zero attached hydrogens (tertiary/aromatic N) is 2. The Morgan fingerprint density at radius 3 is 2.32 bits per heavy atom. The molecule has 0 radical (unpaired) electrons. The lowest BCUT2D eigenvalue weighted by molar-refractivity contribution is -0.385. The van der Waals surface area contributed by atoms with E-state index >= 15 is 0 Å². The van der Waals surface area contributed by atoms with Gasteiger partial charge in [-0.15, -0.1) is 0 Å². The van der Waals surface area contributed by atoms with E-state index in [-0.39, 0.29) is 34.9 Å². The number of anilines is 1. The fraction of sp³-hybridized carbons (Fsp3) is 0.207. The van der Waals surface area contributed by atoms with Crippen molar-refractivity contribution in [3.8, 4) is 22.9 Å². The second kappa shape index (κ2) is 11.6. The second-order valence-corrected chi connectivity index (χ2v) is 9.00. The van der Waals surface area contributed by atoms with Crippen LogP contribution in [0.1, 0.15) is 32.9 Å². The molecule has 1 aromatic heterocycles. The van der Waals surface area contributed by atoms with E-state index in [0.29, 0.717) is 28.6 Å². The topological polar surface area (TPSA) is 105 Å². The predicted octanol–water partition coefficient (Wildman–Crippen LogP) is 6.87. The molecule has 0 fully saturated rings. The third-order valence-corrected chi connectivity index (χ3v) is 6.39. The largest absolute Gasteiger partial charge is 0.493 e. The summed E-state index contributed by atoms with van der Waals surface area (Å²) in [6, 6.07) is 15.8. The van der Waals surface area contributed by atoms with Crippen LogP contribution in [0, 0.1) is 24.0 Å². The average Bonchev–Trinajstić information content (AvgIpc) is 3.24. The number of aromatic nitrogens is 1. The molecular weight excluding hydrogens is 543 g/mol. The third-order valence-electron chi connectivity index (χ3n) is 6.39. The van der Waals surface area contributed by atoms with Crippen molar-refractivity contribution in [1.29, 1.82) is 0 Å². The second-order valence-electron chi connectivity index (χ2n) is 9.00. The van der Waals surface area contributed by atoms with E-state index in [9.17, 15) is 28.1 Å². The first-order valence-corrected chi connectivity index (χ1v) is 12.2. The number of aryl methyl sites for hydroxylation is 1.